The van der Waals surface area contributed by atoms with Crippen molar-refractivity contribution in [3.63, 3.8) is 0 Å². The van der Waals surface area contributed by atoms with E-state index in [9.17, 15) is 9.90 Å². The summed E-state index contributed by atoms with van der Waals surface area (Å²) in [6.07, 6.45) is 1.58. The second-order valence-electron chi connectivity index (χ2n) is 5.05. The summed E-state index contributed by atoms with van der Waals surface area (Å²) >= 11 is 3.27. The SMILES string of the molecule is Cn1c(/C=N/NC(=O)c2cc(Br)ccc2O)cc2ccccc21. The van der Waals surface area contributed by atoms with E-state index in [0.717, 1.165) is 16.6 Å². The molecule has 3 aromatic rings. The maximum absolute atomic E-state index is 12.1. The predicted molar refractivity (Wildman–Crippen MR) is 93.8 cm³/mol. The molecule has 0 aliphatic heterocycles. The number of benzene rings is 2. The fraction of sp³-hybridized carbons (Fsp3) is 0.0588. The molecule has 0 aliphatic carbocycles. The number of fused-ring (bicyclic) bond motifs is 1. The van der Waals surface area contributed by atoms with Gasteiger partial charge in [0.25, 0.3) is 5.91 Å². The number of phenolic OH excluding ortho intramolecular Hbond substituents is 1. The lowest BCUT2D eigenvalue weighted by molar-refractivity contribution is 0.0952. The van der Waals surface area contributed by atoms with E-state index < -0.39 is 5.91 Å². The van der Waals surface area contributed by atoms with Gasteiger partial charge < -0.3 is 9.67 Å². The van der Waals surface area contributed by atoms with Crippen LogP contribution >= 0.6 is 15.9 Å². The topological polar surface area (TPSA) is 66.6 Å². The molecule has 3 rings (SSSR count). The number of para-hydroxylation sites is 1. The smallest absolute Gasteiger partial charge is 0.275 e. The van der Waals surface area contributed by atoms with E-state index >= 15 is 0 Å². The summed E-state index contributed by atoms with van der Waals surface area (Å²) in [5.41, 5.74) is 4.54. The highest BCUT2D eigenvalue weighted by atomic mass is 79.9. The molecular formula is C17H14BrN3O2. The van der Waals surface area contributed by atoms with Gasteiger partial charge in [-0.3, -0.25) is 4.79 Å². The second-order valence-corrected chi connectivity index (χ2v) is 5.96. The summed E-state index contributed by atoms with van der Waals surface area (Å²) in [5, 5.41) is 14.8. The molecule has 0 atom stereocenters. The molecular weight excluding hydrogens is 358 g/mol. The number of nitrogens with one attached hydrogen (secondary N) is 1. The summed E-state index contributed by atoms with van der Waals surface area (Å²) < 4.78 is 2.69. The predicted octanol–water partition coefficient (Wildman–Crippen LogP) is 3.41. The van der Waals surface area contributed by atoms with Crippen LogP contribution in [-0.4, -0.2) is 21.8 Å². The van der Waals surface area contributed by atoms with Crippen molar-refractivity contribution in [2.24, 2.45) is 12.1 Å². The lowest BCUT2D eigenvalue weighted by atomic mass is 10.2. The third-order valence-corrected chi connectivity index (χ3v) is 4.05. The number of phenols is 1. The number of amides is 1. The number of hydrogen-bond donors (Lipinski definition) is 2. The molecule has 1 amide bonds. The van der Waals surface area contributed by atoms with Crippen molar-refractivity contribution in [2.75, 3.05) is 0 Å². The second kappa shape index (κ2) is 6.26. The average Bonchev–Trinajstić information content (AvgIpc) is 2.86. The van der Waals surface area contributed by atoms with Crippen LogP contribution in [-0.2, 0) is 7.05 Å². The molecule has 0 fully saturated rings. The molecule has 0 saturated carbocycles. The summed E-state index contributed by atoms with van der Waals surface area (Å²) in [6, 6.07) is 14.6. The number of carbonyl (C=O) groups excluding carboxylic acids is 1. The van der Waals surface area contributed by atoms with Crippen molar-refractivity contribution in [3.8, 4) is 5.75 Å². The number of hydrogen-bond acceptors (Lipinski definition) is 3. The zero-order valence-electron chi connectivity index (χ0n) is 12.3. The van der Waals surface area contributed by atoms with Crippen molar-refractivity contribution in [1.82, 2.24) is 9.99 Å². The lowest BCUT2D eigenvalue weighted by Crippen LogP contribution is -2.18. The summed E-state index contributed by atoms with van der Waals surface area (Å²) in [7, 11) is 1.94. The van der Waals surface area contributed by atoms with Gasteiger partial charge in [-0.2, -0.15) is 5.10 Å². The van der Waals surface area contributed by atoms with Gasteiger partial charge in [-0.25, -0.2) is 5.43 Å². The monoisotopic (exact) mass is 371 g/mol. The molecule has 6 heteroatoms. The van der Waals surface area contributed by atoms with Crippen molar-refractivity contribution in [1.29, 1.82) is 0 Å². The van der Waals surface area contributed by atoms with Gasteiger partial charge >= 0.3 is 0 Å². The number of aromatic hydroxyl groups is 1. The Kier molecular flexibility index (Phi) is 4.16. The van der Waals surface area contributed by atoms with Crippen LogP contribution in [0.2, 0.25) is 0 Å². The Hall–Kier alpha value is -2.60. The highest BCUT2D eigenvalue weighted by Gasteiger charge is 2.10. The van der Waals surface area contributed by atoms with Gasteiger partial charge in [-0.15, -0.1) is 0 Å². The number of carbonyl (C=O) groups is 1. The van der Waals surface area contributed by atoms with Gasteiger partial charge in [0.2, 0.25) is 0 Å². The van der Waals surface area contributed by atoms with Crippen molar-refractivity contribution < 1.29 is 9.90 Å². The van der Waals surface area contributed by atoms with Gasteiger partial charge in [-0.05, 0) is 30.3 Å². The third-order valence-electron chi connectivity index (χ3n) is 3.55. The normalized spacial score (nSPS) is 11.2. The van der Waals surface area contributed by atoms with E-state index in [0.29, 0.717) is 4.47 Å². The molecule has 116 valence electrons. The van der Waals surface area contributed by atoms with E-state index in [2.05, 4.69) is 26.5 Å². The summed E-state index contributed by atoms with van der Waals surface area (Å²) in [6.45, 7) is 0. The Morgan fingerprint density at radius 2 is 2.04 bits per heavy atom. The molecule has 23 heavy (non-hydrogen) atoms. The Morgan fingerprint density at radius 1 is 1.26 bits per heavy atom. The zero-order valence-corrected chi connectivity index (χ0v) is 13.9. The first-order valence-electron chi connectivity index (χ1n) is 6.92. The Bertz CT molecular complexity index is 915. The molecule has 0 radical (unpaired) electrons. The van der Waals surface area contributed by atoms with Crippen LogP contribution in [0, 0.1) is 0 Å². The fourth-order valence-corrected chi connectivity index (χ4v) is 2.70. The molecule has 0 saturated heterocycles. The highest BCUT2D eigenvalue weighted by Crippen LogP contribution is 2.21. The van der Waals surface area contributed by atoms with Crippen LogP contribution in [0.15, 0.2) is 58.1 Å². The van der Waals surface area contributed by atoms with Gasteiger partial charge in [0.05, 0.1) is 17.5 Å². The van der Waals surface area contributed by atoms with Crippen molar-refractivity contribution in [2.45, 2.75) is 0 Å². The first-order chi connectivity index (χ1) is 11.1. The first kappa shape index (κ1) is 15.3. The number of nitrogens with zero attached hydrogens (tertiary/aromatic N) is 2. The van der Waals surface area contributed by atoms with Gasteiger partial charge in [-0.1, -0.05) is 34.1 Å². The number of hydrazone groups is 1. The number of aryl methyl sites for hydroxylation is 1. The number of halogens is 1. The van der Waals surface area contributed by atoms with Crippen LogP contribution in [0.25, 0.3) is 10.9 Å². The average molecular weight is 372 g/mol. The van der Waals surface area contributed by atoms with Gasteiger partial charge in [0.1, 0.15) is 5.75 Å². The largest absolute Gasteiger partial charge is 0.507 e. The molecule has 2 N–H and O–H groups in total. The van der Waals surface area contributed by atoms with Gasteiger partial charge in [0.15, 0.2) is 0 Å². The number of aromatic nitrogens is 1. The molecule has 0 unspecified atom stereocenters. The molecule has 0 bridgehead atoms. The van der Waals surface area contributed by atoms with E-state index in [4.69, 9.17) is 0 Å². The minimum absolute atomic E-state index is 0.0921. The molecule has 1 heterocycles. The molecule has 1 aromatic heterocycles. The molecule has 0 aliphatic rings. The molecule has 0 spiro atoms. The Morgan fingerprint density at radius 3 is 2.83 bits per heavy atom. The standard InChI is InChI=1S/C17H14BrN3O2/c1-21-13(8-11-4-2-3-5-15(11)21)10-19-20-17(23)14-9-12(18)6-7-16(14)22/h2-10,22H,1H3,(H,20,23)/b19-10+. The summed E-state index contributed by atoms with van der Waals surface area (Å²) in [4.78, 5) is 12.1. The molecule has 2 aromatic carbocycles. The van der Waals surface area contributed by atoms with E-state index in [1.165, 1.54) is 12.1 Å². The van der Waals surface area contributed by atoms with E-state index in [1.54, 1.807) is 12.3 Å². The first-order valence-corrected chi connectivity index (χ1v) is 7.72. The third kappa shape index (κ3) is 3.12. The van der Waals surface area contributed by atoms with Crippen LogP contribution in [0.5, 0.6) is 5.75 Å². The fourth-order valence-electron chi connectivity index (χ4n) is 2.34. The van der Waals surface area contributed by atoms with Crippen LogP contribution in [0.3, 0.4) is 0 Å². The van der Waals surface area contributed by atoms with E-state index in [-0.39, 0.29) is 11.3 Å². The highest BCUT2D eigenvalue weighted by molar-refractivity contribution is 9.10. The van der Waals surface area contributed by atoms with Crippen LogP contribution < -0.4 is 5.43 Å². The van der Waals surface area contributed by atoms with Crippen molar-refractivity contribution in [3.05, 3.63) is 64.3 Å². The van der Waals surface area contributed by atoms with Crippen LogP contribution in [0.1, 0.15) is 16.1 Å². The lowest BCUT2D eigenvalue weighted by Gasteiger charge is -2.03. The Balaban J connectivity index is 1.79. The maximum atomic E-state index is 12.1. The Labute approximate surface area is 141 Å². The minimum atomic E-state index is -0.473. The summed E-state index contributed by atoms with van der Waals surface area (Å²) in [5.74, 6) is -0.565. The molecule has 5 nitrogen and oxygen atoms in total. The minimum Gasteiger partial charge on any atom is -0.507 e. The maximum Gasteiger partial charge on any atom is 0.275 e. The zero-order chi connectivity index (χ0) is 16.4. The van der Waals surface area contributed by atoms with Crippen molar-refractivity contribution >= 4 is 39.0 Å². The number of rotatable bonds is 3. The van der Waals surface area contributed by atoms with E-state index in [1.807, 2.05) is 41.9 Å². The quantitative estimate of drug-likeness (QED) is 0.547. The van der Waals surface area contributed by atoms with Gasteiger partial charge in [0, 0.05) is 22.4 Å². The van der Waals surface area contributed by atoms with Crippen LogP contribution in [0.4, 0.5) is 0 Å².